The fourth-order valence-corrected chi connectivity index (χ4v) is 2.58. The van der Waals surface area contributed by atoms with E-state index in [1.807, 2.05) is 31.3 Å². The molecule has 0 aliphatic carbocycles. The molecule has 5 heteroatoms. The molecule has 0 saturated carbocycles. The normalized spacial score (nSPS) is 17.6. The molecule has 5 nitrogen and oxygen atoms in total. The minimum atomic E-state index is -0.0644. The smallest absolute Gasteiger partial charge is 0.317 e. The zero-order chi connectivity index (χ0) is 16.5. The molecular weight excluding hydrogens is 292 g/mol. The van der Waals surface area contributed by atoms with Gasteiger partial charge in [-0.3, -0.25) is 0 Å². The molecule has 1 N–H and O–H groups in total. The molecule has 0 aromatic heterocycles. The molecule has 1 aromatic rings. The lowest BCUT2D eigenvalue weighted by atomic mass is 10.1. The highest BCUT2D eigenvalue weighted by atomic mass is 16.5. The van der Waals surface area contributed by atoms with Gasteiger partial charge in [0.1, 0.15) is 5.75 Å². The van der Waals surface area contributed by atoms with Crippen LogP contribution in [0.25, 0.3) is 0 Å². The van der Waals surface area contributed by atoms with E-state index in [0.29, 0.717) is 13.1 Å². The molecule has 23 heavy (non-hydrogen) atoms. The van der Waals surface area contributed by atoms with Crippen LogP contribution in [0.2, 0.25) is 0 Å². The standard InChI is InChI=1S/C18H28N2O3/c1-3-11-22-16-9-7-15(8-10-16)13-19-18(21)20(2)14-17-6-4-5-12-23-17/h7-10,17H,3-6,11-14H2,1-2H3,(H,19,21). The molecule has 1 unspecified atom stereocenters. The van der Waals surface area contributed by atoms with Crippen molar-refractivity contribution in [3.8, 4) is 5.75 Å². The third kappa shape index (κ3) is 6.10. The van der Waals surface area contributed by atoms with E-state index >= 15 is 0 Å². The zero-order valence-corrected chi connectivity index (χ0v) is 14.2. The molecular formula is C18H28N2O3. The van der Waals surface area contributed by atoms with E-state index in [1.54, 1.807) is 4.90 Å². The van der Waals surface area contributed by atoms with Gasteiger partial charge in [-0.1, -0.05) is 19.1 Å². The number of benzene rings is 1. The molecule has 0 bridgehead atoms. The maximum Gasteiger partial charge on any atom is 0.317 e. The van der Waals surface area contributed by atoms with Gasteiger partial charge in [0.25, 0.3) is 0 Å². The second-order valence-corrected chi connectivity index (χ2v) is 6.02. The lowest BCUT2D eigenvalue weighted by molar-refractivity contribution is 0.00385. The monoisotopic (exact) mass is 320 g/mol. The Kier molecular flexibility index (Phi) is 7.20. The average molecular weight is 320 g/mol. The van der Waals surface area contributed by atoms with Crippen molar-refractivity contribution in [3.63, 3.8) is 0 Å². The first-order chi connectivity index (χ1) is 11.2. The van der Waals surface area contributed by atoms with Crippen LogP contribution in [0.1, 0.15) is 38.2 Å². The highest BCUT2D eigenvalue weighted by molar-refractivity contribution is 5.73. The van der Waals surface area contributed by atoms with Crippen LogP contribution in [-0.4, -0.2) is 43.8 Å². The van der Waals surface area contributed by atoms with Crippen molar-refractivity contribution in [3.05, 3.63) is 29.8 Å². The highest BCUT2D eigenvalue weighted by Crippen LogP contribution is 2.14. The van der Waals surface area contributed by atoms with E-state index in [2.05, 4.69) is 12.2 Å². The molecule has 128 valence electrons. The van der Waals surface area contributed by atoms with Crippen LogP contribution >= 0.6 is 0 Å². The SMILES string of the molecule is CCCOc1ccc(CNC(=O)N(C)CC2CCCCO2)cc1. The number of carbonyl (C=O) groups excluding carboxylic acids is 1. The van der Waals surface area contributed by atoms with Crippen molar-refractivity contribution in [2.45, 2.75) is 45.3 Å². The molecule has 1 saturated heterocycles. The van der Waals surface area contributed by atoms with Crippen molar-refractivity contribution in [2.75, 3.05) is 26.8 Å². The van der Waals surface area contributed by atoms with Gasteiger partial charge in [-0.25, -0.2) is 4.79 Å². The van der Waals surface area contributed by atoms with E-state index in [4.69, 9.17) is 9.47 Å². The number of carbonyl (C=O) groups is 1. The summed E-state index contributed by atoms with van der Waals surface area (Å²) in [4.78, 5) is 13.8. The summed E-state index contributed by atoms with van der Waals surface area (Å²) < 4.78 is 11.2. The molecule has 2 rings (SSSR count). The second-order valence-electron chi connectivity index (χ2n) is 6.02. The molecule has 1 atom stereocenters. The number of hydrogen-bond acceptors (Lipinski definition) is 3. The average Bonchev–Trinajstić information content (AvgIpc) is 2.59. The molecule has 0 spiro atoms. The summed E-state index contributed by atoms with van der Waals surface area (Å²) in [5, 5.41) is 2.94. The van der Waals surface area contributed by atoms with Crippen LogP contribution < -0.4 is 10.1 Å². The Morgan fingerprint density at radius 3 is 2.78 bits per heavy atom. The first-order valence-corrected chi connectivity index (χ1v) is 8.51. The number of likely N-dealkylation sites (N-methyl/N-ethyl adjacent to an activating group) is 1. The minimum Gasteiger partial charge on any atom is -0.494 e. The topological polar surface area (TPSA) is 50.8 Å². The molecule has 1 fully saturated rings. The predicted molar refractivity (Wildman–Crippen MR) is 90.7 cm³/mol. The number of nitrogens with one attached hydrogen (secondary N) is 1. The van der Waals surface area contributed by atoms with E-state index < -0.39 is 0 Å². The van der Waals surface area contributed by atoms with Crippen LogP contribution in [0.5, 0.6) is 5.75 Å². The molecule has 1 aromatic carbocycles. The summed E-state index contributed by atoms with van der Waals surface area (Å²) >= 11 is 0. The third-order valence-corrected chi connectivity index (χ3v) is 3.94. The van der Waals surface area contributed by atoms with Crippen LogP contribution in [-0.2, 0) is 11.3 Å². The van der Waals surface area contributed by atoms with Crippen molar-refractivity contribution in [1.82, 2.24) is 10.2 Å². The molecule has 2 amide bonds. The Labute approximate surface area is 139 Å². The summed E-state index contributed by atoms with van der Waals surface area (Å²) in [5.74, 6) is 0.869. The van der Waals surface area contributed by atoms with E-state index in [1.165, 1.54) is 6.42 Å². The molecule has 0 radical (unpaired) electrons. The van der Waals surface area contributed by atoms with Crippen molar-refractivity contribution in [2.24, 2.45) is 0 Å². The number of nitrogens with zero attached hydrogens (tertiary/aromatic N) is 1. The fraction of sp³-hybridized carbons (Fsp3) is 0.611. The van der Waals surface area contributed by atoms with E-state index in [9.17, 15) is 4.79 Å². The van der Waals surface area contributed by atoms with Crippen LogP contribution in [0.3, 0.4) is 0 Å². The summed E-state index contributed by atoms with van der Waals surface area (Å²) in [6.45, 7) is 4.79. The summed E-state index contributed by atoms with van der Waals surface area (Å²) in [6, 6.07) is 7.78. The van der Waals surface area contributed by atoms with Crippen molar-refractivity contribution in [1.29, 1.82) is 0 Å². The quantitative estimate of drug-likeness (QED) is 0.839. The van der Waals surface area contributed by atoms with Crippen molar-refractivity contribution >= 4 is 6.03 Å². The van der Waals surface area contributed by atoms with Gasteiger partial charge in [-0.05, 0) is 43.4 Å². The Morgan fingerprint density at radius 1 is 1.35 bits per heavy atom. The van der Waals surface area contributed by atoms with Gasteiger partial charge in [-0.2, -0.15) is 0 Å². The summed E-state index contributed by atoms with van der Waals surface area (Å²) in [6.07, 6.45) is 4.53. The first-order valence-electron chi connectivity index (χ1n) is 8.51. The van der Waals surface area contributed by atoms with Gasteiger partial charge in [0.2, 0.25) is 0 Å². The van der Waals surface area contributed by atoms with Gasteiger partial charge < -0.3 is 19.7 Å². The largest absolute Gasteiger partial charge is 0.494 e. The first kappa shape index (κ1) is 17.6. The lowest BCUT2D eigenvalue weighted by Gasteiger charge is -2.27. The Balaban J connectivity index is 1.72. The predicted octanol–water partition coefficient (Wildman–Crippen LogP) is 3.19. The molecule has 1 heterocycles. The Morgan fingerprint density at radius 2 is 2.13 bits per heavy atom. The number of ether oxygens (including phenoxy) is 2. The second kappa shape index (κ2) is 9.40. The van der Waals surface area contributed by atoms with E-state index in [-0.39, 0.29) is 12.1 Å². The van der Waals surface area contributed by atoms with Gasteiger partial charge in [0.05, 0.1) is 12.7 Å². The number of hydrogen-bond donors (Lipinski definition) is 1. The van der Waals surface area contributed by atoms with Gasteiger partial charge in [-0.15, -0.1) is 0 Å². The number of amides is 2. The third-order valence-electron chi connectivity index (χ3n) is 3.94. The summed E-state index contributed by atoms with van der Waals surface area (Å²) in [5.41, 5.74) is 1.06. The fourth-order valence-electron chi connectivity index (χ4n) is 2.58. The van der Waals surface area contributed by atoms with Gasteiger partial charge >= 0.3 is 6.03 Å². The highest BCUT2D eigenvalue weighted by Gasteiger charge is 2.18. The van der Waals surface area contributed by atoms with Crippen LogP contribution in [0.15, 0.2) is 24.3 Å². The maximum atomic E-state index is 12.1. The number of urea groups is 1. The van der Waals surface area contributed by atoms with Crippen LogP contribution in [0, 0.1) is 0 Å². The van der Waals surface area contributed by atoms with E-state index in [0.717, 1.165) is 43.8 Å². The van der Waals surface area contributed by atoms with Gasteiger partial charge in [0, 0.05) is 26.7 Å². The van der Waals surface area contributed by atoms with Crippen molar-refractivity contribution < 1.29 is 14.3 Å². The minimum absolute atomic E-state index is 0.0644. The number of rotatable bonds is 7. The maximum absolute atomic E-state index is 12.1. The van der Waals surface area contributed by atoms with Gasteiger partial charge in [0.15, 0.2) is 0 Å². The lowest BCUT2D eigenvalue weighted by Crippen LogP contribution is -2.42. The zero-order valence-electron chi connectivity index (χ0n) is 14.2. The van der Waals surface area contributed by atoms with Crippen LogP contribution in [0.4, 0.5) is 4.79 Å². The molecule has 1 aliphatic heterocycles. The Hall–Kier alpha value is -1.75. The summed E-state index contributed by atoms with van der Waals surface area (Å²) in [7, 11) is 1.81. The molecule has 1 aliphatic rings. The Bertz CT molecular complexity index is 470.